The number of aromatic nitrogens is 2. The average molecular weight is 381 g/mol. The third-order valence-electron chi connectivity index (χ3n) is 3.76. The Kier molecular flexibility index (Phi) is 6.41. The van der Waals surface area contributed by atoms with Gasteiger partial charge in [0.05, 0.1) is 0 Å². The molecule has 0 saturated heterocycles. The lowest BCUT2D eigenvalue weighted by Crippen LogP contribution is -2.23. The summed E-state index contributed by atoms with van der Waals surface area (Å²) in [4.78, 5) is 19.9. The zero-order chi connectivity index (χ0) is 19.8. The second kappa shape index (κ2) is 9.36. The number of halogens is 2. The summed E-state index contributed by atoms with van der Waals surface area (Å²) < 4.78 is 32.2. The molecule has 0 unspecified atom stereocenters. The number of rotatable bonds is 7. The Labute approximate surface area is 160 Å². The van der Waals surface area contributed by atoms with Crippen LogP contribution in [0.2, 0.25) is 0 Å². The number of hydrogen-bond donors (Lipinski definition) is 1. The van der Waals surface area contributed by atoms with Crippen LogP contribution in [0.5, 0.6) is 11.8 Å². The highest BCUT2D eigenvalue weighted by atomic mass is 19.2. The van der Waals surface area contributed by atoms with Gasteiger partial charge in [-0.05, 0) is 42.3 Å². The molecule has 0 bridgehead atoms. The van der Waals surface area contributed by atoms with Crippen molar-refractivity contribution in [2.45, 2.75) is 6.42 Å². The third kappa shape index (κ3) is 5.44. The van der Waals surface area contributed by atoms with Crippen LogP contribution in [0.1, 0.15) is 11.1 Å². The summed E-state index contributed by atoms with van der Waals surface area (Å²) >= 11 is 0. The van der Waals surface area contributed by atoms with E-state index < -0.39 is 17.5 Å². The standard InChI is InChI=1S/C21H17F2N3O2/c22-18-7-2-5-16(20(18)23)8-9-19(27)24-13-10-15-4-1-6-17(14-15)28-21-25-11-3-12-26-21/h1-9,11-12,14H,10,13H2,(H,24,27). The number of ether oxygens (including phenoxy) is 1. The van der Waals surface area contributed by atoms with Crippen LogP contribution in [-0.4, -0.2) is 22.4 Å². The van der Waals surface area contributed by atoms with E-state index in [1.165, 1.54) is 24.3 Å². The van der Waals surface area contributed by atoms with Crippen LogP contribution in [0.3, 0.4) is 0 Å². The molecule has 1 aromatic heterocycles. The van der Waals surface area contributed by atoms with E-state index in [4.69, 9.17) is 4.74 Å². The van der Waals surface area contributed by atoms with Crippen molar-refractivity contribution in [3.63, 3.8) is 0 Å². The van der Waals surface area contributed by atoms with Gasteiger partial charge in [0.2, 0.25) is 5.91 Å². The molecule has 142 valence electrons. The maximum absolute atomic E-state index is 13.5. The third-order valence-corrected chi connectivity index (χ3v) is 3.76. The summed E-state index contributed by atoms with van der Waals surface area (Å²) in [5.74, 6) is -1.73. The quantitative estimate of drug-likeness (QED) is 0.630. The van der Waals surface area contributed by atoms with E-state index in [9.17, 15) is 13.6 Å². The zero-order valence-corrected chi connectivity index (χ0v) is 14.8. The summed E-state index contributed by atoms with van der Waals surface area (Å²) in [6, 6.07) is 13.1. The van der Waals surface area contributed by atoms with E-state index in [0.717, 1.165) is 11.6 Å². The Morgan fingerprint density at radius 1 is 1.07 bits per heavy atom. The molecule has 28 heavy (non-hydrogen) atoms. The molecule has 0 aliphatic carbocycles. The Balaban J connectivity index is 1.50. The fourth-order valence-corrected chi connectivity index (χ4v) is 2.41. The van der Waals surface area contributed by atoms with E-state index in [0.29, 0.717) is 18.7 Å². The first-order chi connectivity index (χ1) is 13.6. The molecule has 0 aliphatic rings. The number of nitrogens with zero attached hydrogens (tertiary/aromatic N) is 2. The molecule has 1 heterocycles. The van der Waals surface area contributed by atoms with Crippen molar-refractivity contribution >= 4 is 12.0 Å². The molecule has 2 aromatic carbocycles. The molecule has 0 aliphatic heterocycles. The van der Waals surface area contributed by atoms with E-state index >= 15 is 0 Å². The molecule has 1 amide bonds. The molecule has 0 atom stereocenters. The molecule has 5 nitrogen and oxygen atoms in total. The smallest absolute Gasteiger partial charge is 0.321 e. The normalized spacial score (nSPS) is 10.8. The maximum atomic E-state index is 13.5. The molecule has 0 saturated carbocycles. The highest BCUT2D eigenvalue weighted by Gasteiger charge is 2.05. The lowest BCUT2D eigenvalue weighted by molar-refractivity contribution is -0.116. The number of amides is 1. The second-order valence-corrected chi connectivity index (χ2v) is 5.80. The van der Waals surface area contributed by atoms with Crippen molar-refractivity contribution in [2.75, 3.05) is 6.54 Å². The van der Waals surface area contributed by atoms with Gasteiger partial charge in [-0.1, -0.05) is 24.3 Å². The predicted molar refractivity (Wildman–Crippen MR) is 101 cm³/mol. The largest absolute Gasteiger partial charge is 0.424 e. The molecule has 0 fully saturated rings. The minimum absolute atomic E-state index is 0.0168. The van der Waals surface area contributed by atoms with Crippen molar-refractivity contribution in [3.05, 3.63) is 89.8 Å². The van der Waals surface area contributed by atoms with Gasteiger partial charge in [-0.15, -0.1) is 0 Å². The summed E-state index contributed by atoms with van der Waals surface area (Å²) in [6.45, 7) is 0.375. The first-order valence-electron chi connectivity index (χ1n) is 8.55. The van der Waals surface area contributed by atoms with Gasteiger partial charge in [0.1, 0.15) is 5.75 Å². The van der Waals surface area contributed by atoms with E-state index in [1.54, 1.807) is 24.5 Å². The van der Waals surface area contributed by atoms with Crippen LogP contribution in [0, 0.1) is 11.6 Å². The first-order valence-corrected chi connectivity index (χ1v) is 8.55. The van der Waals surface area contributed by atoms with Crippen LogP contribution in [-0.2, 0) is 11.2 Å². The lowest BCUT2D eigenvalue weighted by atomic mass is 10.1. The van der Waals surface area contributed by atoms with Gasteiger partial charge in [0, 0.05) is 30.6 Å². The minimum atomic E-state index is -0.981. The summed E-state index contributed by atoms with van der Waals surface area (Å²) in [5, 5.41) is 2.70. The highest BCUT2D eigenvalue weighted by molar-refractivity contribution is 5.91. The fourth-order valence-electron chi connectivity index (χ4n) is 2.41. The predicted octanol–water partition coefficient (Wildman–Crippen LogP) is 3.92. The molecule has 0 radical (unpaired) electrons. The van der Waals surface area contributed by atoms with Crippen LogP contribution in [0.15, 0.2) is 67.0 Å². The van der Waals surface area contributed by atoms with Crippen molar-refractivity contribution < 1.29 is 18.3 Å². The Morgan fingerprint density at radius 3 is 2.68 bits per heavy atom. The first kappa shape index (κ1) is 19.2. The Hall–Kier alpha value is -3.61. The number of carbonyl (C=O) groups excluding carboxylic acids is 1. The Morgan fingerprint density at radius 2 is 1.86 bits per heavy atom. The number of nitrogens with one attached hydrogen (secondary N) is 1. The summed E-state index contributed by atoms with van der Waals surface area (Å²) in [6.07, 6.45) is 6.16. The van der Waals surface area contributed by atoms with Crippen LogP contribution < -0.4 is 10.1 Å². The van der Waals surface area contributed by atoms with Crippen LogP contribution >= 0.6 is 0 Å². The maximum Gasteiger partial charge on any atom is 0.321 e. The van der Waals surface area contributed by atoms with Gasteiger partial charge in [0.25, 0.3) is 0 Å². The molecule has 7 heteroatoms. The molecular weight excluding hydrogens is 364 g/mol. The van der Waals surface area contributed by atoms with Crippen molar-refractivity contribution in [1.82, 2.24) is 15.3 Å². The summed E-state index contributed by atoms with van der Waals surface area (Å²) in [5.41, 5.74) is 0.969. The van der Waals surface area contributed by atoms with Gasteiger partial charge >= 0.3 is 6.01 Å². The fraction of sp³-hybridized carbons (Fsp3) is 0.0952. The molecule has 1 N–H and O–H groups in total. The molecule has 0 spiro atoms. The summed E-state index contributed by atoms with van der Waals surface area (Å²) in [7, 11) is 0. The molecule has 3 rings (SSSR count). The molecule has 3 aromatic rings. The van der Waals surface area contributed by atoms with Crippen LogP contribution in [0.25, 0.3) is 6.08 Å². The SMILES string of the molecule is O=C(C=Cc1cccc(F)c1F)NCCc1cccc(Oc2ncccn2)c1. The number of hydrogen-bond acceptors (Lipinski definition) is 4. The number of carbonyl (C=O) groups is 1. The second-order valence-electron chi connectivity index (χ2n) is 5.80. The highest BCUT2D eigenvalue weighted by Crippen LogP contribution is 2.18. The van der Waals surface area contributed by atoms with Gasteiger partial charge in [-0.25, -0.2) is 18.7 Å². The zero-order valence-electron chi connectivity index (χ0n) is 14.8. The van der Waals surface area contributed by atoms with Gasteiger partial charge in [0.15, 0.2) is 11.6 Å². The molecular formula is C21H17F2N3O2. The van der Waals surface area contributed by atoms with Crippen LogP contribution in [0.4, 0.5) is 8.78 Å². The van der Waals surface area contributed by atoms with E-state index in [-0.39, 0.29) is 11.6 Å². The van der Waals surface area contributed by atoms with Gasteiger partial charge in [-0.2, -0.15) is 0 Å². The topological polar surface area (TPSA) is 64.1 Å². The minimum Gasteiger partial charge on any atom is -0.424 e. The Bertz CT molecular complexity index is 978. The van der Waals surface area contributed by atoms with Gasteiger partial charge < -0.3 is 10.1 Å². The monoisotopic (exact) mass is 381 g/mol. The van der Waals surface area contributed by atoms with E-state index in [2.05, 4.69) is 15.3 Å². The lowest BCUT2D eigenvalue weighted by Gasteiger charge is -2.06. The van der Waals surface area contributed by atoms with Crippen molar-refractivity contribution in [2.24, 2.45) is 0 Å². The van der Waals surface area contributed by atoms with Gasteiger partial charge in [-0.3, -0.25) is 4.79 Å². The van der Waals surface area contributed by atoms with E-state index in [1.807, 2.05) is 18.2 Å². The van der Waals surface area contributed by atoms with Crippen molar-refractivity contribution in [3.8, 4) is 11.8 Å². The van der Waals surface area contributed by atoms with Crippen molar-refractivity contribution in [1.29, 1.82) is 0 Å². The average Bonchev–Trinajstić information content (AvgIpc) is 2.70. The number of benzene rings is 2.